The molecule has 4 rings (SSSR count). The van der Waals surface area contributed by atoms with Crippen LogP contribution in [0.15, 0.2) is 58.2 Å². The highest BCUT2D eigenvalue weighted by atomic mass is 16.3. The Hall–Kier alpha value is -3.61. The maximum atomic E-state index is 12.4. The molecule has 1 amide bonds. The van der Waals surface area contributed by atoms with Crippen LogP contribution < -0.4 is 5.43 Å². The van der Waals surface area contributed by atoms with E-state index in [9.17, 15) is 4.79 Å². The number of para-hydroxylation sites is 2. The van der Waals surface area contributed by atoms with E-state index in [0.29, 0.717) is 6.54 Å². The van der Waals surface area contributed by atoms with E-state index in [-0.39, 0.29) is 12.5 Å². The smallest absolute Gasteiger partial charge is 0.260 e. The van der Waals surface area contributed by atoms with E-state index in [1.807, 2.05) is 67.8 Å². The summed E-state index contributed by atoms with van der Waals surface area (Å²) in [4.78, 5) is 16.9. The van der Waals surface area contributed by atoms with E-state index < -0.39 is 0 Å². The summed E-state index contributed by atoms with van der Waals surface area (Å²) in [5.41, 5.74) is 7.56. The number of fused-ring (bicyclic) bond motifs is 1. The Balaban J connectivity index is 1.43. The Bertz CT molecular complexity index is 1180. The summed E-state index contributed by atoms with van der Waals surface area (Å²) < 4.78 is 9.48. The van der Waals surface area contributed by atoms with Gasteiger partial charge in [-0.25, -0.2) is 10.4 Å². The first kappa shape index (κ1) is 18.7. The van der Waals surface area contributed by atoms with Crippen LogP contribution in [-0.4, -0.2) is 26.2 Å². The highest BCUT2D eigenvalue weighted by Gasteiger charge is 2.11. The standard InChI is InChI=1S/C22H23N5O2/c1-15-11-18(16(2)26(15)13-19-7-6-10-29-19)12-23-25-22(28)14-27-17(3)24-20-8-4-5-9-21(20)27/h4-12H,13-14H2,1-3H3,(H,25,28)/b23-12-. The van der Waals surface area contributed by atoms with Gasteiger partial charge in [0.1, 0.15) is 18.1 Å². The molecule has 0 aliphatic heterocycles. The number of carbonyl (C=O) groups is 1. The minimum Gasteiger partial charge on any atom is -0.467 e. The fourth-order valence-corrected chi connectivity index (χ4v) is 3.51. The number of benzene rings is 1. The minimum atomic E-state index is -0.197. The number of hydrazone groups is 1. The minimum absolute atomic E-state index is 0.168. The van der Waals surface area contributed by atoms with Crippen molar-refractivity contribution in [3.63, 3.8) is 0 Å². The molecule has 7 heteroatoms. The van der Waals surface area contributed by atoms with Crippen LogP contribution >= 0.6 is 0 Å². The number of nitrogens with one attached hydrogen (secondary N) is 1. The number of hydrogen-bond donors (Lipinski definition) is 1. The van der Waals surface area contributed by atoms with Gasteiger partial charge in [-0.15, -0.1) is 0 Å². The van der Waals surface area contributed by atoms with E-state index >= 15 is 0 Å². The Labute approximate surface area is 168 Å². The molecule has 29 heavy (non-hydrogen) atoms. The molecule has 148 valence electrons. The van der Waals surface area contributed by atoms with Crippen molar-refractivity contribution in [1.82, 2.24) is 19.5 Å². The molecule has 7 nitrogen and oxygen atoms in total. The van der Waals surface area contributed by atoms with Crippen LogP contribution in [-0.2, 0) is 17.9 Å². The number of rotatable bonds is 6. The molecule has 0 bridgehead atoms. The lowest BCUT2D eigenvalue weighted by Gasteiger charge is -2.07. The molecule has 0 saturated carbocycles. The molecule has 1 aromatic carbocycles. The van der Waals surface area contributed by atoms with Gasteiger partial charge in [0.15, 0.2) is 0 Å². The number of imidazole rings is 1. The third-order valence-corrected chi connectivity index (χ3v) is 5.05. The molecule has 0 unspecified atom stereocenters. The van der Waals surface area contributed by atoms with Crippen molar-refractivity contribution >= 4 is 23.2 Å². The summed E-state index contributed by atoms with van der Waals surface area (Å²) in [5, 5.41) is 4.15. The van der Waals surface area contributed by atoms with E-state index in [1.54, 1.807) is 12.5 Å². The van der Waals surface area contributed by atoms with Crippen molar-refractivity contribution in [2.45, 2.75) is 33.9 Å². The second kappa shape index (κ2) is 7.79. The van der Waals surface area contributed by atoms with Crippen molar-refractivity contribution in [2.24, 2.45) is 5.10 Å². The molecular formula is C22H23N5O2. The van der Waals surface area contributed by atoms with Crippen LogP contribution in [0.4, 0.5) is 0 Å². The summed E-state index contributed by atoms with van der Waals surface area (Å²) in [6.45, 7) is 6.79. The van der Waals surface area contributed by atoms with E-state index in [1.165, 1.54) is 0 Å². The SMILES string of the molecule is Cc1cc(/C=N\NC(=O)Cn2c(C)nc3ccccc32)c(C)n1Cc1ccco1. The Morgan fingerprint density at radius 2 is 2.00 bits per heavy atom. The van der Waals surface area contributed by atoms with Crippen LogP contribution in [0.3, 0.4) is 0 Å². The number of nitrogens with zero attached hydrogens (tertiary/aromatic N) is 4. The van der Waals surface area contributed by atoms with Gasteiger partial charge in [-0.3, -0.25) is 4.79 Å². The third kappa shape index (κ3) is 3.85. The lowest BCUT2D eigenvalue weighted by atomic mass is 10.3. The van der Waals surface area contributed by atoms with Crippen LogP contribution in [0.1, 0.15) is 28.5 Å². The monoisotopic (exact) mass is 389 g/mol. The number of furan rings is 1. The number of amides is 1. The number of hydrogen-bond acceptors (Lipinski definition) is 4. The average molecular weight is 389 g/mol. The summed E-state index contributed by atoms with van der Waals surface area (Å²) >= 11 is 0. The first-order chi connectivity index (χ1) is 14.0. The normalized spacial score (nSPS) is 11.6. The highest BCUT2D eigenvalue weighted by Crippen LogP contribution is 2.16. The number of aryl methyl sites for hydroxylation is 2. The van der Waals surface area contributed by atoms with Gasteiger partial charge in [0.05, 0.1) is 30.1 Å². The Morgan fingerprint density at radius 3 is 2.79 bits per heavy atom. The van der Waals surface area contributed by atoms with Gasteiger partial charge >= 0.3 is 0 Å². The highest BCUT2D eigenvalue weighted by molar-refractivity contribution is 5.85. The van der Waals surface area contributed by atoms with Crippen molar-refractivity contribution in [1.29, 1.82) is 0 Å². The zero-order chi connectivity index (χ0) is 20.4. The van der Waals surface area contributed by atoms with Crippen LogP contribution in [0.25, 0.3) is 11.0 Å². The predicted molar refractivity (Wildman–Crippen MR) is 112 cm³/mol. The van der Waals surface area contributed by atoms with E-state index in [2.05, 4.69) is 20.1 Å². The van der Waals surface area contributed by atoms with Crippen LogP contribution in [0.5, 0.6) is 0 Å². The second-order valence-electron chi connectivity index (χ2n) is 7.02. The molecule has 0 aliphatic rings. The maximum absolute atomic E-state index is 12.4. The van der Waals surface area contributed by atoms with Gasteiger partial charge in [0.25, 0.3) is 5.91 Å². The topological polar surface area (TPSA) is 77.4 Å². The lowest BCUT2D eigenvalue weighted by Crippen LogP contribution is -2.23. The molecule has 0 atom stereocenters. The Kier molecular flexibility index (Phi) is 5.03. The summed E-state index contributed by atoms with van der Waals surface area (Å²) in [7, 11) is 0. The zero-order valence-corrected chi connectivity index (χ0v) is 16.7. The molecule has 4 aromatic rings. The molecule has 3 aromatic heterocycles. The quantitative estimate of drug-likeness (QED) is 0.405. The molecule has 0 spiro atoms. The molecule has 3 heterocycles. The van der Waals surface area contributed by atoms with Gasteiger partial charge in [0, 0.05) is 17.0 Å². The lowest BCUT2D eigenvalue weighted by molar-refractivity contribution is -0.121. The van der Waals surface area contributed by atoms with E-state index in [0.717, 1.165) is 39.6 Å². The van der Waals surface area contributed by atoms with Crippen molar-refractivity contribution in [2.75, 3.05) is 0 Å². The van der Waals surface area contributed by atoms with Gasteiger partial charge in [-0.2, -0.15) is 5.10 Å². The number of aromatic nitrogens is 3. The van der Waals surface area contributed by atoms with Gasteiger partial charge in [0.2, 0.25) is 0 Å². The zero-order valence-electron chi connectivity index (χ0n) is 16.7. The Morgan fingerprint density at radius 1 is 1.17 bits per heavy atom. The first-order valence-corrected chi connectivity index (χ1v) is 9.46. The van der Waals surface area contributed by atoms with Crippen molar-refractivity contribution in [3.8, 4) is 0 Å². The largest absolute Gasteiger partial charge is 0.467 e. The first-order valence-electron chi connectivity index (χ1n) is 9.46. The molecule has 0 aliphatic carbocycles. The van der Waals surface area contributed by atoms with Crippen molar-refractivity contribution < 1.29 is 9.21 Å². The molecule has 0 saturated heterocycles. The summed E-state index contributed by atoms with van der Waals surface area (Å²) in [6.07, 6.45) is 3.35. The molecule has 0 fully saturated rings. The van der Waals surface area contributed by atoms with Gasteiger partial charge in [-0.05, 0) is 51.1 Å². The molecular weight excluding hydrogens is 366 g/mol. The molecule has 0 radical (unpaired) electrons. The molecule has 1 N–H and O–H groups in total. The van der Waals surface area contributed by atoms with Crippen molar-refractivity contribution in [3.05, 3.63) is 77.3 Å². The fourth-order valence-electron chi connectivity index (χ4n) is 3.51. The van der Waals surface area contributed by atoms with E-state index in [4.69, 9.17) is 4.42 Å². The average Bonchev–Trinajstić information content (AvgIpc) is 3.38. The number of carbonyl (C=O) groups excluding carboxylic acids is 1. The van der Waals surface area contributed by atoms with Gasteiger partial charge in [-0.1, -0.05) is 12.1 Å². The summed E-state index contributed by atoms with van der Waals surface area (Å²) in [6, 6.07) is 13.6. The third-order valence-electron chi connectivity index (χ3n) is 5.05. The maximum Gasteiger partial charge on any atom is 0.260 e. The fraction of sp³-hybridized carbons (Fsp3) is 0.227. The summed E-state index contributed by atoms with van der Waals surface area (Å²) in [5.74, 6) is 1.50. The second-order valence-corrected chi connectivity index (χ2v) is 7.02. The van der Waals surface area contributed by atoms with Gasteiger partial charge < -0.3 is 13.6 Å². The predicted octanol–water partition coefficient (Wildman–Crippen LogP) is 3.55. The van der Waals surface area contributed by atoms with Crippen LogP contribution in [0, 0.1) is 20.8 Å². The van der Waals surface area contributed by atoms with Crippen LogP contribution in [0.2, 0.25) is 0 Å².